The average Bonchev–Trinajstić information content (AvgIpc) is 2.62. The van der Waals surface area contributed by atoms with Crippen molar-refractivity contribution in [1.82, 2.24) is 9.88 Å². The van der Waals surface area contributed by atoms with Gasteiger partial charge in [-0.2, -0.15) is 0 Å². The molecule has 0 bridgehead atoms. The summed E-state index contributed by atoms with van der Waals surface area (Å²) in [6.07, 6.45) is 2.61. The molecule has 0 spiro atoms. The number of carbonyl (C=O) groups excluding carboxylic acids is 1. The molecule has 2 rings (SSSR count). The molecule has 5 heteroatoms. The van der Waals surface area contributed by atoms with Gasteiger partial charge in [-0.25, -0.2) is 0 Å². The van der Waals surface area contributed by atoms with Gasteiger partial charge in [0, 0.05) is 38.6 Å². The summed E-state index contributed by atoms with van der Waals surface area (Å²) in [5, 5.41) is 3.01. The summed E-state index contributed by atoms with van der Waals surface area (Å²) in [4.78, 5) is 18.3. The van der Waals surface area contributed by atoms with E-state index in [0.29, 0.717) is 12.2 Å². The molecule has 18 heavy (non-hydrogen) atoms. The number of rotatable bonds is 2. The Morgan fingerprint density at radius 1 is 1.61 bits per heavy atom. The van der Waals surface area contributed by atoms with E-state index in [9.17, 15) is 4.79 Å². The minimum atomic E-state index is -0.0237. The van der Waals surface area contributed by atoms with Crippen LogP contribution in [0.5, 0.6) is 0 Å². The van der Waals surface area contributed by atoms with Crippen molar-refractivity contribution in [1.29, 1.82) is 0 Å². The molecule has 1 saturated heterocycles. The Bertz CT molecular complexity index is 422. The van der Waals surface area contributed by atoms with E-state index in [1.165, 1.54) is 0 Å². The molecule has 1 N–H and O–H groups in total. The molecule has 0 saturated carbocycles. The zero-order valence-electron chi connectivity index (χ0n) is 10.8. The Labute approximate surface area is 107 Å². The van der Waals surface area contributed by atoms with Gasteiger partial charge in [0.15, 0.2) is 0 Å². The molecule has 1 aliphatic heterocycles. The van der Waals surface area contributed by atoms with E-state index in [4.69, 9.17) is 4.74 Å². The van der Waals surface area contributed by atoms with Gasteiger partial charge in [-0.15, -0.1) is 0 Å². The van der Waals surface area contributed by atoms with Crippen LogP contribution in [0.25, 0.3) is 0 Å². The van der Waals surface area contributed by atoms with Crippen LogP contribution < -0.4 is 5.32 Å². The van der Waals surface area contributed by atoms with Crippen LogP contribution in [0.4, 0.5) is 5.69 Å². The zero-order chi connectivity index (χ0) is 13.0. The zero-order valence-corrected chi connectivity index (χ0v) is 10.8. The van der Waals surface area contributed by atoms with E-state index in [1.807, 2.05) is 24.9 Å². The number of amides is 1. The molecule has 2 heterocycles. The fourth-order valence-electron chi connectivity index (χ4n) is 2.04. The molecule has 1 unspecified atom stereocenters. The lowest BCUT2D eigenvalue weighted by Gasteiger charge is -2.21. The van der Waals surface area contributed by atoms with E-state index in [0.717, 1.165) is 25.3 Å². The quantitative estimate of drug-likeness (QED) is 0.860. The Kier molecular flexibility index (Phi) is 4.15. The second-order valence-corrected chi connectivity index (χ2v) is 4.47. The number of ether oxygens (including phenoxy) is 1. The van der Waals surface area contributed by atoms with Crippen LogP contribution in [0.15, 0.2) is 18.3 Å². The van der Waals surface area contributed by atoms with Crippen LogP contribution in [0.3, 0.4) is 0 Å². The highest BCUT2D eigenvalue weighted by atomic mass is 16.5. The number of hydrogen-bond acceptors (Lipinski definition) is 4. The lowest BCUT2D eigenvalue weighted by Crippen LogP contribution is -2.36. The van der Waals surface area contributed by atoms with Crippen molar-refractivity contribution in [2.75, 3.05) is 32.1 Å². The van der Waals surface area contributed by atoms with Crippen molar-refractivity contribution in [3.63, 3.8) is 0 Å². The fourth-order valence-corrected chi connectivity index (χ4v) is 2.04. The maximum absolute atomic E-state index is 12.3. The molecular formula is C13H19N3O2. The average molecular weight is 249 g/mol. The molecular weight excluding hydrogens is 230 g/mol. The van der Waals surface area contributed by atoms with Crippen molar-refractivity contribution in [3.05, 3.63) is 24.0 Å². The van der Waals surface area contributed by atoms with Gasteiger partial charge in [0.1, 0.15) is 5.69 Å². The summed E-state index contributed by atoms with van der Waals surface area (Å²) >= 11 is 0. The van der Waals surface area contributed by atoms with E-state index in [-0.39, 0.29) is 12.0 Å². The number of nitrogens with one attached hydrogen (secondary N) is 1. The molecule has 5 nitrogen and oxygen atoms in total. The van der Waals surface area contributed by atoms with Gasteiger partial charge >= 0.3 is 0 Å². The van der Waals surface area contributed by atoms with Crippen molar-refractivity contribution in [2.24, 2.45) is 0 Å². The maximum Gasteiger partial charge on any atom is 0.272 e. The molecule has 1 fully saturated rings. The number of hydrogen-bond donors (Lipinski definition) is 1. The van der Waals surface area contributed by atoms with Gasteiger partial charge in [-0.3, -0.25) is 9.78 Å². The molecule has 1 aromatic heterocycles. The lowest BCUT2D eigenvalue weighted by molar-refractivity contribution is 0.0559. The van der Waals surface area contributed by atoms with E-state index < -0.39 is 0 Å². The maximum atomic E-state index is 12.3. The van der Waals surface area contributed by atoms with Crippen molar-refractivity contribution in [2.45, 2.75) is 19.4 Å². The largest absolute Gasteiger partial charge is 0.388 e. The van der Waals surface area contributed by atoms with Crippen molar-refractivity contribution in [3.8, 4) is 0 Å². The first-order valence-corrected chi connectivity index (χ1v) is 6.25. The van der Waals surface area contributed by atoms with E-state index in [2.05, 4.69) is 10.3 Å². The van der Waals surface area contributed by atoms with Crippen LogP contribution in [-0.4, -0.2) is 48.6 Å². The van der Waals surface area contributed by atoms with Crippen LogP contribution in [-0.2, 0) is 4.74 Å². The molecule has 1 amide bonds. The third-order valence-electron chi connectivity index (χ3n) is 3.01. The topological polar surface area (TPSA) is 54.5 Å². The van der Waals surface area contributed by atoms with Gasteiger partial charge < -0.3 is 15.0 Å². The Hall–Kier alpha value is -1.62. The summed E-state index contributed by atoms with van der Waals surface area (Å²) < 4.78 is 5.54. The molecule has 0 aromatic carbocycles. The number of pyridine rings is 1. The van der Waals surface area contributed by atoms with Crippen LogP contribution >= 0.6 is 0 Å². The van der Waals surface area contributed by atoms with Crippen LogP contribution in [0.2, 0.25) is 0 Å². The summed E-state index contributed by atoms with van der Waals surface area (Å²) in [6, 6.07) is 3.61. The number of anilines is 1. The molecule has 0 radical (unpaired) electrons. The predicted molar refractivity (Wildman–Crippen MR) is 69.7 cm³/mol. The SMILES string of the molecule is CNc1ccnc(C(=O)N2CCCOC(C)C2)c1. The first kappa shape index (κ1) is 12.8. The first-order chi connectivity index (χ1) is 8.70. The summed E-state index contributed by atoms with van der Waals surface area (Å²) in [6.45, 7) is 4.07. The minimum absolute atomic E-state index is 0.0237. The van der Waals surface area contributed by atoms with Crippen molar-refractivity contribution < 1.29 is 9.53 Å². The van der Waals surface area contributed by atoms with Gasteiger partial charge in [0.05, 0.1) is 6.10 Å². The number of nitrogens with zero attached hydrogens (tertiary/aromatic N) is 2. The molecule has 1 aliphatic rings. The second-order valence-electron chi connectivity index (χ2n) is 4.47. The predicted octanol–water partition coefficient (Wildman–Crippen LogP) is 1.37. The first-order valence-electron chi connectivity index (χ1n) is 6.25. The Morgan fingerprint density at radius 3 is 3.22 bits per heavy atom. The molecule has 1 atom stereocenters. The molecule has 0 aliphatic carbocycles. The third kappa shape index (κ3) is 2.98. The van der Waals surface area contributed by atoms with E-state index in [1.54, 1.807) is 12.3 Å². The second kappa shape index (κ2) is 5.82. The highest BCUT2D eigenvalue weighted by Gasteiger charge is 2.21. The summed E-state index contributed by atoms with van der Waals surface area (Å²) in [5.74, 6) is -0.0237. The Balaban J connectivity index is 2.13. The summed E-state index contributed by atoms with van der Waals surface area (Å²) in [7, 11) is 1.82. The molecule has 98 valence electrons. The molecule has 1 aromatic rings. The normalized spacial score (nSPS) is 20.3. The fraction of sp³-hybridized carbons (Fsp3) is 0.538. The highest BCUT2D eigenvalue weighted by molar-refractivity contribution is 5.93. The van der Waals surface area contributed by atoms with Gasteiger partial charge in [0.25, 0.3) is 5.91 Å². The third-order valence-corrected chi connectivity index (χ3v) is 3.01. The summed E-state index contributed by atoms with van der Waals surface area (Å²) in [5.41, 5.74) is 1.38. The smallest absolute Gasteiger partial charge is 0.272 e. The number of aromatic nitrogens is 1. The monoisotopic (exact) mass is 249 g/mol. The Morgan fingerprint density at radius 2 is 2.44 bits per heavy atom. The standard InChI is InChI=1S/C13H19N3O2/c1-10-9-16(6-3-7-18-10)13(17)12-8-11(14-2)4-5-15-12/h4-5,8,10H,3,6-7,9H2,1-2H3,(H,14,15). The van der Waals surface area contributed by atoms with E-state index >= 15 is 0 Å². The number of carbonyl (C=O) groups is 1. The van der Waals surface area contributed by atoms with Crippen LogP contribution in [0, 0.1) is 0 Å². The highest BCUT2D eigenvalue weighted by Crippen LogP contribution is 2.12. The van der Waals surface area contributed by atoms with Gasteiger partial charge in [0.2, 0.25) is 0 Å². The van der Waals surface area contributed by atoms with Gasteiger partial charge in [-0.1, -0.05) is 0 Å². The minimum Gasteiger partial charge on any atom is -0.388 e. The van der Waals surface area contributed by atoms with Crippen LogP contribution in [0.1, 0.15) is 23.8 Å². The van der Waals surface area contributed by atoms with Gasteiger partial charge in [-0.05, 0) is 25.5 Å². The van der Waals surface area contributed by atoms with Crippen molar-refractivity contribution >= 4 is 11.6 Å². The lowest BCUT2D eigenvalue weighted by atomic mass is 10.2.